The smallest absolute Gasteiger partial charge is 0.220 e. The van der Waals surface area contributed by atoms with E-state index in [1.54, 1.807) is 12.1 Å². The van der Waals surface area contributed by atoms with Crippen molar-refractivity contribution in [3.05, 3.63) is 59.7 Å². The summed E-state index contributed by atoms with van der Waals surface area (Å²) in [6.07, 6.45) is 7.38. The van der Waals surface area contributed by atoms with Crippen molar-refractivity contribution in [2.45, 2.75) is 57.6 Å². The molecular weight excluding hydrogens is 326 g/mol. The number of hydrogen-bond donors (Lipinski definition) is 2. The highest BCUT2D eigenvalue weighted by atomic mass is 16.5. The fourth-order valence-electron chi connectivity index (χ4n) is 3.32. The van der Waals surface area contributed by atoms with E-state index in [9.17, 15) is 9.90 Å². The van der Waals surface area contributed by atoms with E-state index >= 15 is 0 Å². The molecule has 0 unspecified atom stereocenters. The number of carbonyl (C=O) groups is 1. The number of amides is 1. The van der Waals surface area contributed by atoms with Gasteiger partial charge in [0.2, 0.25) is 5.91 Å². The van der Waals surface area contributed by atoms with Crippen LogP contribution in [0.4, 0.5) is 0 Å². The van der Waals surface area contributed by atoms with Crippen molar-refractivity contribution < 1.29 is 14.6 Å². The molecule has 3 rings (SSSR count). The average molecular weight is 353 g/mol. The number of benzene rings is 2. The number of ether oxygens (including phenoxy) is 1. The lowest BCUT2D eigenvalue weighted by Crippen LogP contribution is -2.23. The highest BCUT2D eigenvalue weighted by molar-refractivity contribution is 5.76. The van der Waals surface area contributed by atoms with Gasteiger partial charge in [0.1, 0.15) is 11.5 Å². The topological polar surface area (TPSA) is 58.6 Å². The molecule has 0 radical (unpaired) electrons. The first kappa shape index (κ1) is 18.3. The highest BCUT2D eigenvalue weighted by Gasteiger charge is 2.14. The third kappa shape index (κ3) is 5.51. The van der Waals surface area contributed by atoms with Crippen LogP contribution in [0.2, 0.25) is 0 Å². The van der Waals surface area contributed by atoms with Gasteiger partial charge in [0.15, 0.2) is 0 Å². The monoisotopic (exact) mass is 353 g/mol. The van der Waals surface area contributed by atoms with Gasteiger partial charge in [0.05, 0.1) is 6.10 Å². The Balaban J connectivity index is 1.41. The second-order valence-corrected chi connectivity index (χ2v) is 6.93. The maximum Gasteiger partial charge on any atom is 0.220 e. The van der Waals surface area contributed by atoms with Crippen molar-refractivity contribution in [3.8, 4) is 11.5 Å². The minimum Gasteiger partial charge on any atom is -0.508 e. The largest absolute Gasteiger partial charge is 0.508 e. The van der Waals surface area contributed by atoms with Crippen LogP contribution in [0.5, 0.6) is 11.5 Å². The van der Waals surface area contributed by atoms with E-state index in [0.717, 1.165) is 29.7 Å². The fraction of sp³-hybridized carbons (Fsp3) is 0.409. The molecule has 0 atom stereocenters. The van der Waals surface area contributed by atoms with Gasteiger partial charge < -0.3 is 15.2 Å². The van der Waals surface area contributed by atoms with E-state index in [4.69, 9.17) is 4.74 Å². The summed E-state index contributed by atoms with van der Waals surface area (Å²) >= 11 is 0. The number of rotatable bonds is 7. The Morgan fingerprint density at radius 2 is 1.77 bits per heavy atom. The molecule has 4 heteroatoms. The van der Waals surface area contributed by atoms with Crippen molar-refractivity contribution in [2.24, 2.45) is 0 Å². The Kier molecular flexibility index (Phi) is 6.53. The normalized spacial score (nSPS) is 14.8. The minimum atomic E-state index is -0.0178. The summed E-state index contributed by atoms with van der Waals surface area (Å²) < 4.78 is 6.02. The molecule has 0 heterocycles. The van der Waals surface area contributed by atoms with Crippen molar-refractivity contribution in [1.29, 1.82) is 0 Å². The Bertz CT molecular complexity index is 706. The molecule has 1 aliphatic carbocycles. The maximum absolute atomic E-state index is 12.0. The molecule has 1 saturated carbocycles. The molecule has 0 bridgehead atoms. The molecule has 26 heavy (non-hydrogen) atoms. The van der Waals surface area contributed by atoms with Gasteiger partial charge in [0.25, 0.3) is 0 Å². The van der Waals surface area contributed by atoms with Gasteiger partial charge in [-0.05, 0) is 61.4 Å². The lowest BCUT2D eigenvalue weighted by atomic mass is 9.98. The number of nitrogens with one attached hydrogen (secondary N) is 1. The van der Waals surface area contributed by atoms with Crippen LogP contribution in [0.25, 0.3) is 0 Å². The summed E-state index contributed by atoms with van der Waals surface area (Å²) in [5.41, 5.74) is 1.85. The molecule has 2 N–H and O–H groups in total. The zero-order chi connectivity index (χ0) is 18.2. The molecule has 2 aromatic carbocycles. The molecule has 1 fully saturated rings. The first-order valence-corrected chi connectivity index (χ1v) is 9.50. The van der Waals surface area contributed by atoms with E-state index in [-0.39, 0.29) is 11.7 Å². The van der Waals surface area contributed by atoms with Crippen LogP contribution in [0.3, 0.4) is 0 Å². The lowest BCUT2D eigenvalue weighted by Gasteiger charge is -2.23. The van der Waals surface area contributed by atoms with Crippen LogP contribution in [0, 0.1) is 0 Å². The molecule has 0 spiro atoms. The van der Waals surface area contributed by atoms with Crippen LogP contribution >= 0.6 is 0 Å². The van der Waals surface area contributed by atoms with Crippen molar-refractivity contribution >= 4 is 5.91 Å². The number of hydrogen-bond acceptors (Lipinski definition) is 3. The van der Waals surface area contributed by atoms with Crippen LogP contribution in [0.1, 0.15) is 49.7 Å². The number of para-hydroxylation sites is 1. The number of carbonyl (C=O) groups excluding carboxylic acids is 1. The molecule has 1 aliphatic rings. The van der Waals surface area contributed by atoms with Gasteiger partial charge in [-0.1, -0.05) is 36.8 Å². The average Bonchev–Trinajstić information content (AvgIpc) is 2.68. The highest BCUT2D eigenvalue weighted by Crippen LogP contribution is 2.23. The lowest BCUT2D eigenvalue weighted by molar-refractivity contribution is -0.121. The summed E-state index contributed by atoms with van der Waals surface area (Å²) in [7, 11) is 0. The first-order valence-electron chi connectivity index (χ1n) is 9.50. The quantitative estimate of drug-likeness (QED) is 0.778. The SMILES string of the molecule is O=C(CCc1ccccc1O)NCc1ccc(OC2CCCCC2)cc1. The molecule has 138 valence electrons. The predicted octanol–water partition coefficient (Wildman–Crippen LogP) is 4.35. The predicted molar refractivity (Wildman–Crippen MR) is 102 cm³/mol. The molecule has 0 saturated heterocycles. The Labute approximate surface area is 155 Å². The Morgan fingerprint density at radius 1 is 1.04 bits per heavy atom. The van der Waals surface area contributed by atoms with E-state index in [1.165, 1.54) is 19.3 Å². The first-order chi connectivity index (χ1) is 12.7. The van der Waals surface area contributed by atoms with E-state index in [0.29, 0.717) is 25.5 Å². The summed E-state index contributed by atoms with van der Waals surface area (Å²) in [5.74, 6) is 1.14. The third-order valence-corrected chi connectivity index (χ3v) is 4.88. The number of phenols is 1. The van der Waals surface area contributed by atoms with Crippen molar-refractivity contribution in [2.75, 3.05) is 0 Å². The molecule has 0 aromatic heterocycles. The van der Waals surface area contributed by atoms with Crippen molar-refractivity contribution in [3.63, 3.8) is 0 Å². The second kappa shape index (κ2) is 9.27. The summed E-state index contributed by atoms with van der Waals surface area (Å²) in [6, 6.07) is 15.1. The number of aromatic hydroxyl groups is 1. The third-order valence-electron chi connectivity index (χ3n) is 4.88. The van der Waals surface area contributed by atoms with Crippen LogP contribution in [-0.4, -0.2) is 17.1 Å². The summed E-state index contributed by atoms with van der Waals surface area (Å²) in [5, 5.41) is 12.7. The minimum absolute atomic E-state index is 0.0178. The van der Waals surface area contributed by atoms with Crippen LogP contribution < -0.4 is 10.1 Å². The van der Waals surface area contributed by atoms with Crippen LogP contribution in [-0.2, 0) is 17.8 Å². The molecule has 2 aromatic rings. The van der Waals surface area contributed by atoms with Crippen molar-refractivity contribution in [1.82, 2.24) is 5.32 Å². The Hall–Kier alpha value is -2.49. The standard InChI is InChI=1S/C22H27NO3/c24-21-9-5-4-6-18(21)12-15-22(25)23-16-17-10-13-20(14-11-17)26-19-7-2-1-3-8-19/h4-6,9-11,13-14,19,24H,1-3,7-8,12,15-16H2,(H,23,25). The van der Waals surface area contributed by atoms with E-state index in [2.05, 4.69) is 5.32 Å². The Morgan fingerprint density at radius 3 is 2.50 bits per heavy atom. The number of aryl methyl sites for hydroxylation is 1. The van der Waals surface area contributed by atoms with Gasteiger partial charge in [-0.3, -0.25) is 4.79 Å². The van der Waals surface area contributed by atoms with Gasteiger partial charge in [0, 0.05) is 13.0 Å². The van der Waals surface area contributed by atoms with Gasteiger partial charge in [-0.2, -0.15) is 0 Å². The van der Waals surface area contributed by atoms with Gasteiger partial charge >= 0.3 is 0 Å². The fourth-order valence-corrected chi connectivity index (χ4v) is 3.32. The molecule has 1 amide bonds. The van der Waals surface area contributed by atoms with Crippen LogP contribution in [0.15, 0.2) is 48.5 Å². The van der Waals surface area contributed by atoms with E-state index < -0.39 is 0 Å². The van der Waals surface area contributed by atoms with Gasteiger partial charge in [-0.15, -0.1) is 0 Å². The second-order valence-electron chi connectivity index (χ2n) is 6.93. The summed E-state index contributed by atoms with van der Waals surface area (Å²) in [6.45, 7) is 0.503. The summed E-state index contributed by atoms with van der Waals surface area (Å²) in [4.78, 5) is 12.0. The zero-order valence-electron chi connectivity index (χ0n) is 15.1. The molecule has 4 nitrogen and oxygen atoms in total. The molecular formula is C22H27NO3. The van der Waals surface area contributed by atoms with E-state index in [1.807, 2.05) is 36.4 Å². The van der Waals surface area contributed by atoms with Gasteiger partial charge in [-0.25, -0.2) is 0 Å². The molecule has 0 aliphatic heterocycles. The number of phenolic OH excluding ortho intramolecular Hbond substituents is 1. The maximum atomic E-state index is 12.0. The zero-order valence-corrected chi connectivity index (χ0v) is 15.1.